The van der Waals surface area contributed by atoms with Gasteiger partial charge in [0.1, 0.15) is 0 Å². The van der Waals surface area contributed by atoms with Crippen molar-refractivity contribution in [2.45, 2.75) is 19.0 Å². The molecule has 3 aliphatic heterocycles. The number of likely N-dealkylation sites (tertiary alicyclic amines) is 2. The molecule has 0 unspecified atom stereocenters. The van der Waals surface area contributed by atoms with Crippen LogP contribution in [0.4, 0.5) is 13.2 Å². The quantitative estimate of drug-likeness (QED) is 0.736. The van der Waals surface area contributed by atoms with Crippen LogP contribution in [0, 0.1) is 11.3 Å². The van der Waals surface area contributed by atoms with E-state index in [0.717, 1.165) is 56.3 Å². The van der Waals surface area contributed by atoms with Crippen LogP contribution in [0.1, 0.15) is 12.0 Å². The molecule has 1 aromatic rings. The smallest absolute Gasteiger partial charge is 0.475 e. The molecule has 0 saturated carbocycles. The number of halogens is 3. The minimum atomic E-state index is -5.08. The summed E-state index contributed by atoms with van der Waals surface area (Å²) < 4.78 is 47.9. The Kier molecular flexibility index (Phi) is 7.19. The van der Waals surface area contributed by atoms with Crippen molar-refractivity contribution in [2.24, 2.45) is 11.3 Å². The fraction of sp³-hybridized carbons (Fsp3) is 0.619. The van der Waals surface area contributed by atoms with Gasteiger partial charge in [-0.25, -0.2) is 4.79 Å². The van der Waals surface area contributed by atoms with Crippen molar-refractivity contribution in [3.05, 3.63) is 23.8 Å². The first kappa shape index (κ1) is 24.1. The number of alkyl halides is 3. The van der Waals surface area contributed by atoms with E-state index in [2.05, 4.69) is 11.9 Å². The lowest BCUT2D eigenvalue weighted by molar-refractivity contribution is -0.192. The zero-order chi connectivity index (χ0) is 23.5. The minimum absolute atomic E-state index is 0.190. The van der Waals surface area contributed by atoms with Crippen LogP contribution in [0.15, 0.2) is 18.2 Å². The van der Waals surface area contributed by atoms with Crippen molar-refractivity contribution in [1.29, 1.82) is 0 Å². The molecule has 2 atom stereocenters. The summed E-state index contributed by atoms with van der Waals surface area (Å²) in [6.07, 6.45) is -3.60. The number of carbonyl (C=O) groups is 2. The van der Waals surface area contributed by atoms with Crippen LogP contribution >= 0.6 is 0 Å². The van der Waals surface area contributed by atoms with Crippen LogP contribution in [0.2, 0.25) is 0 Å². The molecule has 1 spiro atoms. The molecule has 1 aromatic carbocycles. The monoisotopic (exact) mass is 460 g/mol. The first-order valence-electron chi connectivity index (χ1n) is 10.2. The highest BCUT2D eigenvalue weighted by atomic mass is 19.4. The highest BCUT2D eigenvalue weighted by molar-refractivity contribution is 5.79. The Labute approximate surface area is 183 Å². The Balaban J connectivity index is 0.000000360. The standard InChI is InChI=1S/C19H26N2O4.C2HF3O2/c1-20-9-15(10-23-2)19(11-20)5-6-21(12-19)18(22)8-14-3-4-16-17(7-14)25-13-24-16;3-2(4,5)1(6)7/h3-4,7,15H,5-6,8-13H2,1-2H3;(H,6,7)/t15-,19+;/m0./s1. The summed E-state index contributed by atoms with van der Waals surface area (Å²) in [6.45, 7) is 4.82. The van der Waals surface area contributed by atoms with E-state index in [4.69, 9.17) is 24.1 Å². The summed E-state index contributed by atoms with van der Waals surface area (Å²) in [5.41, 5.74) is 1.17. The second-order valence-electron chi connectivity index (χ2n) is 8.44. The average Bonchev–Trinajstić information content (AvgIpc) is 3.41. The van der Waals surface area contributed by atoms with E-state index in [1.807, 2.05) is 23.1 Å². The third-order valence-corrected chi connectivity index (χ3v) is 6.12. The summed E-state index contributed by atoms with van der Waals surface area (Å²) >= 11 is 0. The summed E-state index contributed by atoms with van der Waals surface area (Å²) in [5, 5.41) is 7.12. The molecule has 0 aliphatic carbocycles. The van der Waals surface area contributed by atoms with Crippen LogP contribution in [0.5, 0.6) is 11.5 Å². The highest BCUT2D eigenvalue weighted by Crippen LogP contribution is 2.43. The number of nitrogens with zero attached hydrogens (tertiary/aromatic N) is 2. The third kappa shape index (κ3) is 5.44. The van der Waals surface area contributed by atoms with E-state index in [9.17, 15) is 18.0 Å². The van der Waals surface area contributed by atoms with Gasteiger partial charge in [-0.05, 0) is 31.2 Å². The Morgan fingerprint density at radius 1 is 1.25 bits per heavy atom. The second-order valence-corrected chi connectivity index (χ2v) is 8.44. The largest absolute Gasteiger partial charge is 0.490 e. The van der Waals surface area contributed by atoms with Crippen molar-refractivity contribution in [2.75, 3.05) is 53.7 Å². The molecule has 1 amide bonds. The molecule has 2 fully saturated rings. The Bertz CT molecular complexity index is 849. The second kappa shape index (κ2) is 9.53. The zero-order valence-corrected chi connectivity index (χ0v) is 18.0. The van der Waals surface area contributed by atoms with Crippen LogP contribution in [-0.2, 0) is 20.7 Å². The molecule has 4 rings (SSSR count). The first-order valence-corrected chi connectivity index (χ1v) is 10.2. The van der Waals surface area contributed by atoms with Gasteiger partial charge in [-0.2, -0.15) is 13.2 Å². The number of carbonyl (C=O) groups excluding carboxylic acids is 1. The van der Waals surface area contributed by atoms with Gasteiger partial charge in [0, 0.05) is 44.6 Å². The van der Waals surface area contributed by atoms with Gasteiger partial charge in [-0.3, -0.25) is 4.79 Å². The molecule has 11 heteroatoms. The zero-order valence-electron chi connectivity index (χ0n) is 18.0. The van der Waals surface area contributed by atoms with Gasteiger partial charge in [-0.1, -0.05) is 6.07 Å². The summed E-state index contributed by atoms with van der Waals surface area (Å²) in [4.78, 5) is 26.1. The Hall–Kier alpha value is -2.53. The van der Waals surface area contributed by atoms with E-state index >= 15 is 0 Å². The molecule has 2 saturated heterocycles. The molecule has 3 aliphatic rings. The molecule has 8 nitrogen and oxygen atoms in total. The molecule has 178 valence electrons. The third-order valence-electron chi connectivity index (χ3n) is 6.12. The molecule has 3 heterocycles. The number of methoxy groups -OCH3 is 1. The minimum Gasteiger partial charge on any atom is -0.475 e. The molecular weight excluding hydrogens is 433 g/mol. The molecule has 0 bridgehead atoms. The van der Waals surface area contributed by atoms with E-state index in [0.29, 0.717) is 12.3 Å². The Morgan fingerprint density at radius 3 is 2.59 bits per heavy atom. The van der Waals surface area contributed by atoms with Crippen molar-refractivity contribution in [1.82, 2.24) is 9.80 Å². The lowest BCUT2D eigenvalue weighted by atomic mass is 9.77. The number of hydrogen-bond donors (Lipinski definition) is 1. The lowest BCUT2D eigenvalue weighted by Crippen LogP contribution is -2.38. The van der Waals surface area contributed by atoms with E-state index < -0.39 is 12.1 Å². The predicted molar refractivity (Wildman–Crippen MR) is 106 cm³/mol. The maximum Gasteiger partial charge on any atom is 0.490 e. The molecule has 1 N–H and O–H groups in total. The van der Waals surface area contributed by atoms with Crippen LogP contribution in [-0.4, -0.2) is 86.7 Å². The number of benzene rings is 1. The molecule has 32 heavy (non-hydrogen) atoms. The fourth-order valence-electron chi connectivity index (χ4n) is 4.64. The number of aliphatic carboxylic acids is 1. The number of rotatable bonds is 4. The van der Waals surface area contributed by atoms with Crippen molar-refractivity contribution >= 4 is 11.9 Å². The SMILES string of the molecule is COC[C@@H]1CN(C)C[C@@]12CCN(C(=O)Cc1ccc3c(c1)OCO3)C2.O=C(O)C(F)(F)F. The van der Waals surface area contributed by atoms with Gasteiger partial charge in [0.2, 0.25) is 12.7 Å². The normalized spacial score (nSPS) is 24.5. The van der Waals surface area contributed by atoms with Gasteiger partial charge in [0.05, 0.1) is 13.0 Å². The van der Waals surface area contributed by atoms with Gasteiger partial charge >= 0.3 is 12.1 Å². The maximum atomic E-state index is 12.8. The van der Waals surface area contributed by atoms with Gasteiger partial charge in [0.25, 0.3) is 0 Å². The van der Waals surface area contributed by atoms with E-state index in [-0.39, 0.29) is 18.1 Å². The van der Waals surface area contributed by atoms with Gasteiger partial charge in [-0.15, -0.1) is 0 Å². The predicted octanol–water partition coefficient (Wildman–Crippen LogP) is 2.02. The summed E-state index contributed by atoms with van der Waals surface area (Å²) in [7, 11) is 3.93. The first-order chi connectivity index (χ1) is 15.0. The summed E-state index contributed by atoms with van der Waals surface area (Å²) in [5.74, 6) is -0.562. The van der Waals surface area contributed by atoms with E-state index in [1.54, 1.807) is 7.11 Å². The highest BCUT2D eigenvalue weighted by Gasteiger charge is 2.50. The number of ether oxygens (including phenoxy) is 3. The lowest BCUT2D eigenvalue weighted by Gasteiger charge is -2.30. The molecule has 0 aromatic heterocycles. The number of amides is 1. The molecule has 0 radical (unpaired) electrons. The van der Waals surface area contributed by atoms with Crippen molar-refractivity contribution < 1.29 is 42.1 Å². The molecular formula is C21H27F3N2O6. The topological polar surface area (TPSA) is 88.5 Å². The number of carboxylic acid groups (broad SMARTS) is 1. The van der Waals surface area contributed by atoms with Crippen molar-refractivity contribution in [3.8, 4) is 11.5 Å². The van der Waals surface area contributed by atoms with E-state index in [1.165, 1.54) is 0 Å². The number of fused-ring (bicyclic) bond motifs is 1. The Morgan fingerprint density at radius 2 is 1.94 bits per heavy atom. The van der Waals surface area contributed by atoms with Gasteiger partial charge < -0.3 is 29.1 Å². The van der Waals surface area contributed by atoms with Crippen LogP contribution in [0.25, 0.3) is 0 Å². The average molecular weight is 460 g/mol. The van der Waals surface area contributed by atoms with Gasteiger partial charge in [0.15, 0.2) is 11.5 Å². The van der Waals surface area contributed by atoms with Crippen molar-refractivity contribution in [3.63, 3.8) is 0 Å². The number of carboxylic acids is 1. The fourth-order valence-corrected chi connectivity index (χ4v) is 4.64. The number of hydrogen-bond acceptors (Lipinski definition) is 6. The van der Waals surface area contributed by atoms with Crippen LogP contribution in [0.3, 0.4) is 0 Å². The van der Waals surface area contributed by atoms with Crippen LogP contribution < -0.4 is 9.47 Å². The summed E-state index contributed by atoms with van der Waals surface area (Å²) in [6, 6.07) is 5.76. The maximum absolute atomic E-state index is 12.8.